The topological polar surface area (TPSA) is 26.7 Å². The average Bonchev–Trinajstić information content (AvgIpc) is 2.26. The quantitative estimate of drug-likeness (QED) is 0.543. The van der Waals surface area contributed by atoms with Crippen LogP contribution in [0.2, 0.25) is 0 Å². The predicted octanol–water partition coefficient (Wildman–Crippen LogP) is -0.245. The van der Waals surface area contributed by atoms with Gasteiger partial charge in [-0.2, -0.15) is 0 Å². The van der Waals surface area contributed by atoms with Crippen LogP contribution in [0, 0.1) is 0 Å². The molecule has 4 atom stereocenters. The number of hydrogen-bond acceptors (Lipinski definition) is 3. The third kappa shape index (κ3) is 1.26. The fraction of sp³-hybridized carbons (Fsp3) is 1.00. The van der Waals surface area contributed by atoms with Crippen molar-refractivity contribution < 1.29 is 5.11 Å². The number of fused-ring (bicyclic) bond motifs is 4. The zero-order valence-electron chi connectivity index (χ0n) is 7.90. The standard InChI is InChI=1S/C9H18N2O/c1-7-8(2)11-4-3-10(7)5-9(12)6-11/h7-9,12H,3-6H2,1-2H3. The smallest absolute Gasteiger partial charge is 0.0794 e. The summed E-state index contributed by atoms with van der Waals surface area (Å²) in [4.78, 5) is 4.80. The van der Waals surface area contributed by atoms with E-state index in [-0.39, 0.29) is 6.10 Å². The van der Waals surface area contributed by atoms with Gasteiger partial charge in [0.15, 0.2) is 0 Å². The van der Waals surface area contributed by atoms with Crippen molar-refractivity contribution in [1.82, 2.24) is 9.80 Å². The zero-order chi connectivity index (χ0) is 8.72. The summed E-state index contributed by atoms with van der Waals surface area (Å²) in [6.45, 7) is 8.50. The Morgan fingerprint density at radius 1 is 1.00 bits per heavy atom. The van der Waals surface area contributed by atoms with Crippen LogP contribution < -0.4 is 0 Å². The van der Waals surface area contributed by atoms with Crippen molar-refractivity contribution >= 4 is 0 Å². The molecule has 1 N–H and O–H groups in total. The van der Waals surface area contributed by atoms with Crippen molar-refractivity contribution in [3.8, 4) is 0 Å². The molecule has 0 spiro atoms. The Morgan fingerprint density at radius 3 is 1.83 bits per heavy atom. The normalized spacial score (nSPS) is 53.8. The molecule has 12 heavy (non-hydrogen) atoms. The summed E-state index contributed by atoms with van der Waals surface area (Å²) in [5.74, 6) is 0. The van der Waals surface area contributed by atoms with E-state index in [1.165, 1.54) is 0 Å². The molecule has 0 radical (unpaired) electrons. The molecule has 0 aromatic carbocycles. The minimum atomic E-state index is -0.139. The van der Waals surface area contributed by atoms with E-state index in [0.29, 0.717) is 12.1 Å². The molecule has 70 valence electrons. The maximum atomic E-state index is 9.62. The van der Waals surface area contributed by atoms with Gasteiger partial charge in [0.25, 0.3) is 0 Å². The number of aliphatic hydroxyl groups is 1. The first-order valence-electron chi connectivity index (χ1n) is 4.84. The molecule has 4 unspecified atom stereocenters. The van der Waals surface area contributed by atoms with Crippen LogP contribution in [0.4, 0.5) is 0 Å². The molecule has 3 heteroatoms. The Labute approximate surface area is 74.0 Å². The zero-order valence-corrected chi connectivity index (χ0v) is 7.90. The summed E-state index contributed by atoms with van der Waals surface area (Å²) in [5, 5.41) is 9.62. The molecule has 3 fully saturated rings. The highest BCUT2D eigenvalue weighted by Gasteiger charge is 2.35. The molecular weight excluding hydrogens is 152 g/mol. The monoisotopic (exact) mass is 170 g/mol. The lowest BCUT2D eigenvalue weighted by Gasteiger charge is -2.41. The second-order valence-corrected chi connectivity index (χ2v) is 4.12. The minimum Gasteiger partial charge on any atom is -0.390 e. The van der Waals surface area contributed by atoms with Crippen LogP contribution in [0.25, 0.3) is 0 Å². The summed E-state index contributed by atoms with van der Waals surface area (Å²) in [6, 6.07) is 1.21. The van der Waals surface area contributed by atoms with Crippen molar-refractivity contribution in [3.05, 3.63) is 0 Å². The van der Waals surface area contributed by atoms with E-state index in [9.17, 15) is 5.11 Å². The molecule has 0 saturated carbocycles. The summed E-state index contributed by atoms with van der Waals surface area (Å²) in [7, 11) is 0. The van der Waals surface area contributed by atoms with Crippen LogP contribution in [0.1, 0.15) is 13.8 Å². The molecule has 0 aliphatic carbocycles. The maximum absolute atomic E-state index is 9.62. The van der Waals surface area contributed by atoms with Crippen LogP contribution in [-0.2, 0) is 0 Å². The van der Waals surface area contributed by atoms with Gasteiger partial charge in [-0.05, 0) is 13.8 Å². The lowest BCUT2D eigenvalue weighted by molar-refractivity contribution is 0.0722. The number of piperazine rings is 1. The Kier molecular flexibility index (Phi) is 2.10. The van der Waals surface area contributed by atoms with Crippen molar-refractivity contribution in [2.75, 3.05) is 26.2 Å². The second kappa shape index (κ2) is 2.98. The molecule has 3 aliphatic rings. The highest BCUT2D eigenvalue weighted by molar-refractivity contribution is 4.92. The van der Waals surface area contributed by atoms with E-state index in [1.807, 2.05) is 0 Å². The van der Waals surface area contributed by atoms with Crippen LogP contribution in [0.15, 0.2) is 0 Å². The van der Waals surface area contributed by atoms with Gasteiger partial charge in [-0.1, -0.05) is 0 Å². The van der Waals surface area contributed by atoms with Gasteiger partial charge in [0.2, 0.25) is 0 Å². The van der Waals surface area contributed by atoms with Gasteiger partial charge in [0.05, 0.1) is 6.10 Å². The summed E-state index contributed by atoms with van der Waals surface area (Å²) < 4.78 is 0. The molecule has 3 nitrogen and oxygen atoms in total. The molecule has 3 heterocycles. The fourth-order valence-corrected chi connectivity index (χ4v) is 2.39. The maximum Gasteiger partial charge on any atom is 0.0794 e. The van der Waals surface area contributed by atoms with Crippen molar-refractivity contribution in [2.45, 2.75) is 32.0 Å². The molecular formula is C9H18N2O. The van der Waals surface area contributed by atoms with Crippen LogP contribution in [0.3, 0.4) is 0 Å². The van der Waals surface area contributed by atoms with Gasteiger partial charge in [-0.25, -0.2) is 0 Å². The Bertz CT molecular complexity index is 156. The third-order valence-corrected chi connectivity index (χ3v) is 3.42. The van der Waals surface area contributed by atoms with Crippen LogP contribution in [0.5, 0.6) is 0 Å². The summed E-state index contributed by atoms with van der Waals surface area (Å²) in [6.07, 6.45) is -0.139. The van der Waals surface area contributed by atoms with E-state index < -0.39 is 0 Å². The van der Waals surface area contributed by atoms with Crippen molar-refractivity contribution in [3.63, 3.8) is 0 Å². The largest absolute Gasteiger partial charge is 0.390 e. The minimum absolute atomic E-state index is 0.139. The Balaban J connectivity index is 2.17. The number of hydrogen-bond donors (Lipinski definition) is 1. The van der Waals surface area contributed by atoms with Gasteiger partial charge in [0.1, 0.15) is 0 Å². The molecule has 0 aromatic heterocycles. The SMILES string of the molecule is CC1C(C)N2CCN1CC(O)C2. The number of aliphatic hydroxyl groups excluding tert-OH is 1. The Morgan fingerprint density at radius 2 is 1.42 bits per heavy atom. The molecule has 0 aromatic rings. The van der Waals surface area contributed by atoms with Gasteiger partial charge < -0.3 is 5.11 Å². The lowest BCUT2D eigenvalue weighted by Crippen LogP contribution is -2.54. The first-order valence-corrected chi connectivity index (χ1v) is 4.84. The number of nitrogens with zero attached hydrogens (tertiary/aromatic N) is 2. The van der Waals surface area contributed by atoms with E-state index in [1.54, 1.807) is 0 Å². The van der Waals surface area contributed by atoms with Gasteiger partial charge >= 0.3 is 0 Å². The van der Waals surface area contributed by atoms with E-state index in [4.69, 9.17) is 0 Å². The van der Waals surface area contributed by atoms with Crippen LogP contribution >= 0.6 is 0 Å². The van der Waals surface area contributed by atoms with E-state index in [2.05, 4.69) is 23.6 Å². The third-order valence-electron chi connectivity index (χ3n) is 3.42. The molecule has 3 saturated heterocycles. The molecule has 3 aliphatic heterocycles. The van der Waals surface area contributed by atoms with Crippen LogP contribution in [-0.4, -0.2) is 59.3 Å². The van der Waals surface area contributed by atoms with Crippen molar-refractivity contribution in [1.29, 1.82) is 0 Å². The lowest BCUT2D eigenvalue weighted by atomic mass is 10.1. The number of rotatable bonds is 0. The van der Waals surface area contributed by atoms with Gasteiger partial charge in [-0.3, -0.25) is 9.80 Å². The molecule has 2 bridgehead atoms. The van der Waals surface area contributed by atoms with E-state index >= 15 is 0 Å². The summed E-state index contributed by atoms with van der Waals surface area (Å²) in [5.41, 5.74) is 0. The van der Waals surface area contributed by atoms with Gasteiger partial charge in [-0.15, -0.1) is 0 Å². The van der Waals surface area contributed by atoms with E-state index in [0.717, 1.165) is 26.2 Å². The predicted molar refractivity (Wildman–Crippen MR) is 48.1 cm³/mol. The highest BCUT2D eigenvalue weighted by Crippen LogP contribution is 2.21. The summed E-state index contributed by atoms with van der Waals surface area (Å²) >= 11 is 0. The second-order valence-electron chi connectivity index (χ2n) is 4.12. The van der Waals surface area contributed by atoms with Crippen molar-refractivity contribution in [2.24, 2.45) is 0 Å². The average molecular weight is 170 g/mol. The Hall–Kier alpha value is -0.120. The molecule has 0 amide bonds. The first kappa shape index (κ1) is 8.48. The van der Waals surface area contributed by atoms with Gasteiger partial charge in [0, 0.05) is 38.3 Å². The highest BCUT2D eigenvalue weighted by atomic mass is 16.3. The first-order chi connectivity index (χ1) is 5.68. The molecule has 3 rings (SSSR count). The fourth-order valence-electron chi connectivity index (χ4n) is 2.39.